The van der Waals surface area contributed by atoms with Crippen molar-refractivity contribution in [3.63, 3.8) is 0 Å². The first-order valence-electron chi connectivity index (χ1n) is 12.2. The first-order valence-corrected chi connectivity index (χ1v) is 12.2. The number of anilines is 1. The summed E-state index contributed by atoms with van der Waals surface area (Å²) < 4.78 is 8.11. The zero-order chi connectivity index (χ0) is 22.4. The van der Waals surface area contributed by atoms with E-state index in [0.29, 0.717) is 18.2 Å². The summed E-state index contributed by atoms with van der Waals surface area (Å²) in [7, 11) is 0. The quantitative estimate of drug-likeness (QED) is 0.603. The van der Waals surface area contributed by atoms with Crippen LogP contribution in [-0.2, 0) is 13.0 Å². The number of hydrogen-bond donors (Lipinski definition) is 2. The van der Waals surface area contributed by atoms with Crippen molar-refractivity contribution in [1.29, 1.82) is 0 Å². The Morgan fingerprint density at radius 3 is 3.00 bits per heavy atom. The van der Waals surface area contributed by atoms with Crippen LogP contribution in [0.1, 0.15) is 43.5 Å². The van der Waals surface area contributed by atoms with Crippen molar-refractivity contribution in [2.24, 2.45) is 0 Å². The lowest BCUT2D eigenvalue weighted by molar-refractivity contribution is 0.0915. The van der Waals surface area contributed by atoms with Gasteiger partial charge >= 0.3 is 0 Å². The van der Waals surface area contributed by atoms with Crippen molar-refractivity contribution in [1.82, 2.24) is 19.8 Å². The number of nitrogens with one attached hydrogen (secondary N) is 2. The van der Waals surface area contributed by atoms with Gasteiger partial charge in [-0.2, -0.15) is 0 Å². The second-order valence-corrected chi connectivity index (χ2v) is 9.54. The van der Waals surface area contributed by atoms with Gasteiger partial charge in [0.05, 0.1) is 11.6 Å². The van der Waals surface area contributed by atoms with Gasteiger partial charge in [0.25, 0.3) is 5.91 Å². The van der Waals surface area contributed by atoms with Crippen molar-refractivity contribution in [2.75, 3.05) is 25.0 Å². The monoisotopic (exact) mass is 447 g/mol. The Bertz CT molecular complexity index is 1200. The van der Waals surface area contributed by atoms with Gasteiger partial charge in [0, 0.05) is 62.7 Å². The van der Waals surface area contributed by atoms with Gasteiger partial charge in [-0.3, -0.25) is 9.69 Å². The van der Waals surface area contributed by atoms with Crippen LogP contribution in [0.4, 0.5) is 5.69 Å². The maximum absolute atomic E-state index is 12.8. The molecule has 3 aromatic rings. The number of nitrogens with zero attached hydrogens (tertiary/aromatic N) is 3. The maximum atomic E-state index is 12.8. The smallest absolute Gasteiger partial charge is 0.253 e. The number of ether oxygens (including phenoxy) is 1. The highest BCUT2D eigenvalue weighted by atomic mass is 16.5. The van der Waals surface area contributed by atoms with Crippen LogP contribution < -0.4 is 15.4 Å². The van der Waals surface area contributed by atoms with Crippen molar-refractivity contribution < 1.29 is 11.0 Å². The number of benzene rings is 1. The SMILES string of the molecule is CCn1ccc2cc(C(=O)N[C@H]3COc4cc(NCC5CCC6CCN65)ccc4C3)cnc21.[HH]. The van der Waals surface area contributed by atoms with Crippen molar-refractivity contribution in [3.05, 3.63) is 53.9 Å². The lowest BCUT2D eigenvalue weighted by Gasteiger charge is -2.39. The van der Waals surface area contributed by atoms with E-state index in [1.54, 1.807) is 6.20 Å². The average Bonchev–Trinajstić information content (AvgIpc) is 3.36. The standard InChI is InChI=1S/C26H31N5O2.H2/c1-2-30-9-7-18-11-19(14-28-25(18)30)26(32)29-21-12-17-3-4-20(13-24(17)33-16-21)27-15-23-6-5-22-8-10-31(22)23;/h3-4,7,9,11,13-14,21-23,27H,2,5-6,8,10,12,15-16H2,1H3,(H,29,32);1H/t21-,22?,23?;/m1./s1. The van der Waals surface area contributed by atoms with E-state index in [-0.39, 0.29) is 13.4 Å². The predicted molar refractivity (Wildman–Crippen MR) is 131 cm³/mol. The highest BCUT2D eigenvalue weighted by Crippen LogP contribution is 2.34. The summed E-state index contributed by atoms with van der Waals surface area (Å²) in [5.74, 6) is 0.813. The normalized spacial score (nSPS) is 24.0. The molecule has 2 fully saturated rings. The Hall–Kier alpha value is -3.06. The second-order valence-electron chi connectivity index (χ2n) is 9.54. The van der Waals surface area contributed by atoms with Gasteiger partial charge in [0.2, 0.25) is 0 Å². The fraction of sp³-hybridized carbons (Fsp3) is 0.462. The van der Waals surface area contributed by atoms with Crippen LogP contribution in [0, 0.1) is 0 Å². The number of aryl methyl sites for hydroxylation is 1. The summed E-state index contributed by atoms with van der Waals surface area (Å²) in [5, 5.41) is 7.71. The van der Waals surface area contributed by atoms with E-state index >= 15 is 0 Å². The number of rotatable bonds is 6. The summed E-state index contributed by atoms with van der Waals surface area (Å²) in [6, 6.07) is 11.7. The molecule has 6 rings (SSSR count). The molecule has 174 valence electrons. The first-order chi connectivity index (χ1) is 16.2. The first kappa shape index (κ1) is 20.5. The van der Waals surface area contributed by atoms with Gasteiger partial charge < -0.3 is 19.9 Å². The summed E-state index contributed by atoms with van der Waals surface area (Å²) >= 11 is 0. The Morgan fingerprint density at radius 1 is 1.24 bits per heavy atom. The third kappa shape index (κ3) is 3.84. The van der Waals surface area contributed by atoms with Crippen molar-refractivity contribution in [2.45, 2.75) is 57.3 Å². The highest BCUT2D eigenvalue weighted by molar-refractivity contribution is 5.97. The van der Waals surface area contributed by atoms with Crippen LogP contribution in [0.3, 0.4) is 0 Å². The Kier molecular flexibility index (Phi) is 5.21. The molecule has 3 atom stereocenters. The molecule has 2 aromatic heterocycles. The van der Waals surface area contributed by atoms with Crippen LogP contribution in [0.25, 0.3) is 11.0 Å². The lowest BCUT2D eigenvalue weighted by atomic mass is 10.0. The fourth-order valence-electron chi connectivity index (χ4n) is 5.56. The number of aromatic nitrogens is 2. The summed E-state index contributed by atoms with van der Waals surface area (Å²) in [6.45, 7) is 5.67. The zero-order valence-corrected chi connectivity index (χ0v) is 19.1. The summed E-state index contributed by atoms with van der Waals surface area (Å²) in [6.07, 6.45) is 8.45. The van der Waals surface area contributed by atoms with Gasteiger partial charge in [-0.05, 0) is 56.4 Å². The van der Waals surface area contributed by atoms with E-state index < -0.39 is 0 Å². The van der Waals surface area contributed by atoms with Crippen molar-refractivity contribution in [3.8, 4) is 5.75 Å². The summed E-state index contributed by atoms with van der Waals surface area (Å²) in [5.41, 5.74) is 3.73. The molecule has 7 nitrogen and oxygen atoms in total. The van der Waals surface area contributed by atoms with Gasteiger partial charge in [-0.1, -0.05) is 6.07 Å². The van der Waals surface area contributed by atoms with E-state index in [4.69, 9.17) is 4.74 Å². The molecule has 2 unspecified atom stereocenters. The van der Waals surface area contributed by atoms with Gasteiger partial charge in [-0.15, -0.1) is 0 Å². The topological polar surface area (TPSA) is 71.4 Å². The second kappa shape index (κ2) is 8.37. The van der Waals surface area contributed by atoms with E-state index in [2.05, 4.69) is 50.2 Å². The molecule has 0 bridgehead atoms. The molecule has 3 aliphatic heterocycles. The molecule has 0 spiro atoms. The molecule has 5 heterocycles. The van der Waals surface area contributed by atoms with E-state index in [1.807, 2.05) is 18.3 Å². The number of amides is 1. The van der Waals surface area contributed by atoms with Crippen LogP contribution in [-0.4, -0.2) is 58.2 Å². The molecule has 0 saturated carbocycles. The van der Waals surface area contributed by atoms with Gasteiger partial charge in [-0.25, -0.2) is 4.98 Å². The molecular weight excluding hydrogens is 414 g/mol. The predicted octanol–water partition coefficient (Wildman–Crippen LogP) is 3.68. The molecule has 0 aliphatic carbocycles. The molecule has 1 aromatic carbocycles. The fourth-order valence-corrected chi connectivity index (χ4v) is 5.56. The molecule has 0 radical (unpaired) electrons. The molecule has 33 heavy (non-hydrogen) atoms. The van der Waals surface area contributed by atoms with E-state index in [1.165, 1.54) is 25.8 Å². The molecule has 2 N–H and O–H groups in total. The lowest BCUT2D eigenvalue weighted by Crippen LogP contribution is -2.49. The Balaban J connectivity index is 0.00000241. The molecular formula is C26H33N5O2. The van der Waals surface area contributed by atoms with E-state index in [0.717, 1.165) is 53.6 Å². The van der Waals surface area contributed by atoms with Crippen LogP contribution >= 0.6 is 0 Å². The third-order valence-corrected chi connectivity index (χ3v) is 7.55. The van der Waals surface area contributed by atoms with Crippen LogP contribution in [0.15, 0.2) is 42.7 Å². The van der Waals surface area contributed by atoms with Gasteiger partial charge in [0.1, 0.15) is 18.0 Å². The average molecular weight is 448 g/mol. The molecule has 7 heteroatoms. The highest BCUT2D eigenvalue weighted by Gasteiger charge is 2.39. The van der Waals surface area contributed by atoms with E-state index in [9.17, 15) is 4.79 Å². The number of carbonyl (C=O) groups is 1. The van der Waals surface area contributed by atoms with Crippen LogP contribution in [0.5, 0.6) is 5.75 Å². The Morgan fingerprint density at radius 2 is 2.18 bits per heavy atom. The summed E-state index contributed by atoms with van der Waals surface area (Å²) in [4.78, 5) is 20.0. The van der Waals surface area contributed by atoms with Crippen molar-refractivity contribution >= 4 is 22.6 Å². The van der Waals surface area contributed by atoms with Gasteiger partial charge in [0.15, 0.2) is 0 Å². The molecule has 2 saturated heterocycles. The minimum Gasteiger partial charge on any atom is -0.491 e. The third-order valence-electron chi connectivity index (χ3n) is 7.55. The Labute approximate surface area is 195 Å². The van der Waals surface area contributed by atoms with Crippen LogP contribution in [0.2, 0.25) is 0 Å². The zero-order valence-electron chi connectivity index (χ0n) is 19.1. The maximum Gasteiger partial charge on any atom is 0.253 e. The molecule has 3 aliphatic rings. The number of hydrogen-bond acceptors (Lipinski definition) is 5. The minimum atomic E-state index is -0.107. The number of carbonyl (C=O) groups excluding carboxylic acids is 1. The minimum absolute atomic E-state index is 0. The number of pyridine rings is 1. The number of fused-ring (bicyclic) bond motifs is 3. The largest absolute Gasteiger partial charge is 0.491 e. The molecule has 1 amide bonds.